The normalized spacial score (nSPS) is 10.9. The molecule has 0 aliphatic carbocycles. The van der Waals surface area contributed by atoms with Crippen molar-refractivity contribution in [1.29, 1.82) is 0 Å². The van der Waals surface area contributed by atoms with Crippen LogP contribution in [0.15, 0.2) is 48.9 Å². The fraction of sp³-hybridized carbons (Fsp3) is 0.154. The molecule has 7 nitrogen and oxygen atoms in total. The second-order valence-electron chi connectivity index (χ2n) is 4.13. The first kappa shape index (κ1) is 14.9. The Morgan fingerprint density at radius 2 is 2.00 bits per heavy atom. The van der Waals surface area contributed by atoms with Crippen LogP contribution in [0.1, 0.15) is 10.4 Å². The summed E-state index contributed by atoms with van der Waals surface area (Å²) in [6, 6.07) is 8.14. The van der Waals surface area contributed by atoms with Gasteiger partial charge >= 0.3 is 0 Å². The molecule has 0 aliphatic heterocycles. The van der Waals surface area contributed by atoms with Crippen molar-refractivity contribution in [2.24, 2.45) is 0 Å². The van der Waals surface area contributed by atoms with Gasteiger partial charge in [0.2, 0.25) is 10.0 Å². The van der Waals surface area contributed by atoms with Crippen molar-refractivity contribution >= 4 is 21.7 Å². The number of aromatic nitrogens is 2. The fourth-order valence-corrected chi connectivity index (χ4v) is 2.44. The Hall–Kier alpha value is -2.48. The van der Waals surface area contributed by atoms with Gasteiger partial charge in [0.05, 0.1) is 11.3 Å². The Labute approximate surface area is 122 Å². The minimum absolute atomic E-state index is 0.00407. The van der Waals surface area contributed by atoms with E-state index in [0.717, 1.165) is 0 Å². The Balaban J connectivity index is 1.84. The maximum Gasteiger partial charge on any atom is 0.252 e. The van der Waals surface area contributed by atoms with Gasteiger partial charge in [-0.15, -0.1) is 0 Å². The van der Waals surface area contributed by atoms with Gasteiger partial charge in [0, 0.05) is 25.1 Å². The number of rotatable bonds is 6. The first-order valence-electron chi connectivity index (χ1n) is 6.16. The van der Waals surface area contributed by atoms with Gasteiger partial charge in [0.1, 0.15) is 5.82 Å². The number of carbonyl (C=O) groups is 1. The number of nitrogens with zero attached hydrogens (tertiary/aromatic N) is 2. The molecule has 2 rings (SSSR count). The molecular weight excluding hydrogens is 292 g/mol. The molecule has 0 saturated heterocycles. The van der Waals surface area contributed by atoms with Crippen molar-refractivity contribution in [3.8, 4) is 0 Å². The minimum atomic E-state index is -3.56. The summed E-state index contributed by atoms with van der Waals surface area (Å²) in [4.78, 5) is 19.4. The third-order valence-electron chi connectivity index (χ3n) is 2.51. The molecule has 0 saturated carbocycles. The van der Waals surface area contributed by atoms with Crippen LogP contribution in [0.25, 0.3) is 0 Å². The van der Waals surface area contributed by atoms with Gasteiger partial charge in [-0.05, 0) is 24.3 Å². The van der Waals surface area contributed by atoms with Gasteiger partial charge in [-0.25, -0.2) is 13.4 Å². The van der Waals surface area contributed by atoms with Gasteiger partial charge in [-0.1, -0.05) is 6.07 Å². The molecule has 2 aromatic rings. The van der Waals surface area contributed by atoms with E-state index in [9.17, 15) is 13.2 Å². The summed E-state index contributed by atoms with van der Waals surface area (Å²) in [6.07, 6.45) is 4.45. The van der Waals surface area contributed by atoms with E-state index in [-0.39, 0.29) is 24.0 Å². The minimum Gasteiger partial charge on any atom is -0.351 e. The lowest BCUT2D eigenvalue weighted by atomic mass is 10.3. The monoisotopic (exact) mass is 306 g/mol. The second-order valence-corrected chi connectivity index (χ2v) is 5.98. The van der Waals surface area contributed by atoms with Crippen molar-refractivity contribution < 1.29 is 13.2 Å². The highest BCUT2D eigenvalue weighted by Crippen LogP contribution is 2.03. The van der Waals surface area contributed by atoms with Crippen molar-refractivity contribution in [3.05, 3.63) is 54.5 Å². The molecule has 21 heavy (non-hydrogen) atoms. The summed E-state index contributed by atoms with van der Waals surface area (Å²) in [7, 11) is -3.56. The fourth-order valence-electron chi connectivity index (χ4n) is 1.53. The van der Waals surface area contributed by atoms with E-state index in [0.29, 0.717) is 5.56 Å². The summed E-state index contributed by atoms with van der Waals surface area (Å²) < 4.78 is 25.9. The molecule has 2 aromatic heterocycles. The molecule has 2 heterocycles. The van der Waals surface area contributed by atoms with Gasteiger partial charge in [-0.3, -0.25) is 14.5 Å². The number of anilines is 1. The number of amides is 1. The Morgan fingerprint density at radius 3 is 2.67 bits per heavy atom. The number of pyridine rings is 2. The Bertz CT molecular complexity index is 690. The highest BCUT2D eigenvalue weighted by molar-refractivity contribution is 7.92. The predicted octanol–water partition coefficient (Wildman–Crippen LogP) is 0.648. The Morgan fingerprint density at radius 1 is 1.14 bits per heavy atom. The average Bonchev–Trinajstić information content (AvgIpc) is 2.48. The summed E-state index contributed by atoms with van der Waals surface area (Å²) in [5.74, 6) is -0.359. The maximum absolute atomic E-state index is 11.8. The van der Waals surface area contributed by atoms with E-state index >= 15 is 0 Å². The number of nitrogens with one attached hydrogen (secondary N) is 2. The number of carbonyl (C=O) groups excluding carboxylic acids is 1. The third kappa shape index (κ3) is 4.84. The van der Waals surface area contributed by atoms with E-state index < -0.39 is 10.0 Å². The van der Waals surface area contributed by atoms with Crippen LogP contribution in [0.4, 0.5) is 5.82 Å². The van der Waals surface area contributed by atoms with Crippen molar-refractivity contribution in [3.63, 3.8) is 0 Å². The SMILES string of the molecule is O=C(NCCS(=O)(=O)Nc1ccccn1)c1cccnc1. The highest BCUT2D eigenvalue weighted by atomic mass is 32.2. The standard InChI is InChI=1S/C13H14N4O3S/c18-13(11-4-3-6-14-10-11)16-8-9-21(19,20)17-12-5-1-2-7-15-12/h1-7,10H,8-9H2,(H,15,17)(H,16,18). The lowest BCUT2D eigenvalue weighted by molar-refractivity contribution is 0.0956. The number of sulfonamides is 1. The molecule has 0 fully saturated rings. The smallest absolute Gasteiger partial charge is 0.252 e. The van der Waals surface area contributed by atoms with Gasteiger partial charge < -0.3 is 5.32 Å². The molecule has 0 atom stereocenters. The van der Waals surface area contributed by atoms with Crippen LogP contribution in [0.3, 0.4) is 0 Å². The van der Waals surface area contributed by atoms with E-state index in [1.54, 1.807) is 36.5 Å². The topological polar surface area (TPSA) is 101 Å². The highest BCUT2D eigenvalue weighted by Gasteiger charge is 2.12. The number of hydrogen-bond acceptors (Lipinski definition) is 5. The zero-order valence-electron chi connectivity index (χ0n) is 11.1. The molecule has 2 N–H and O–H groups in total. The first-order valence-corrected chi connectivity index (χ1v) is 7.82. The largest absolute Gasteiger partial charge is 0.351 e. The van der Waals surface area contributed by atoms with Crippen LogP contribution in [0.2, 0.25) is 0 Å². The van der Waals surface area contributed by atoms with Gasteiger partial charge in [0.15, 0.2) is 0 Å². The van der Waals surface area contributed by atoms with Crippen LogP contribution in [-0.2, 0) is 10.0 Å². The molecule has 0 bridgehead atoms. The average molecular weight is 306 g/mol. The van der Waals surface area contributed by atoms with Crippen LogP contribution < -0.4 is 10.0 Å². The molecule has 0 radical (unpaired) electrons. The lowest BCUT2D eigenvalue weighted by Gasteiger charge is -2.08. The van der Waals surface area contributed by atoms with E-state index in [1.807, 2.05) is 0 Å². The summed E-state index contributed by atoms with van der Waals surface area (Å²) in [5.41, 5.74) is 0.382. The summed E-state index contributed by atoms with van der Waals surface area (Å²) in [6.45, 7) is -0.00407. The second kappa shape index (κ2) is 6.80. The van der Waals surface area contributed by atoms with Crippen molar-refractivity contribution in [2.75, 3.05) is 17.0 Å². The van der Waals surface area contributed by atoms with E-state index in [1.165, 1.54) is 12.4 Å². The Kier molecular flexibility index (Phi) is 4.83. The predicted molar refractivity (Wildman–Crippen MR) is 78.2 cm³/mol. The van der Waals surface area contributed by atoms with Crippen LogP contribution >= 0.6 is 0 Å². The first-order chi connectivity index (χ1) is 10.1. The molecule has 0 aliphatic rings. The molecule has 0 unspecified atom stereocenters. The maximum atomic E-state index is 11.8. The van der Waals surface area contributed by atoms with Gasteiger partial charge in [-0.2, -0.15) is 0 Å². The molecule has 0 spiro atoms. The van der Waals surface area contributed by atoms with E-state index in [4.69, 9.17) is 0 Å². The zero-order valence-corrected chi connectivity index (χ0v) is 11.9. The van der Waals surface area contributed by atoms with Gasteiger partial charge in [0.25, 0.3) is 5.91 Å². The third-order valence-corrected chi connectivity index (χ3v) is 3.77. The molecular formula is C13H14N4O3S. The molecule has 1 amide bonds. The van der Waals surface area contributed by atoms with Crippen molar-refractivity contribution in [2.45, 2.75) is 0 Å². The summed E-state index contributed by atoms with van der Waals surface area (Å²) in [5, 5.41) is 2.52. The molecule has 8 heteroatoms. The van der Waals surface area contributed by atoms with Crippen LogP contribution in [0, 0.1) is 0 Å². The molecule has 0 aromatic carbocycles. The molecule has 110 valence electrons. The van der Waals surface area contributed by atoms with Crippen LogP contribution in [-0.4, -0.2) is 36.6 Å². The van der Waals surface area contributed by atoms with Crippen LogP contribution in [0.5, 0.6) is 0 Å². The van der Waals surface area contributed by atoms with Crippen molar-refractivity contribution in [1.82, 2.24) is 15.3 Å². The quantitative estimate of drug-likeness (QED) is 0.816. The zero-order chi connectivity index (χ0) is 15.1. The lowest BCUT2D eigenvalue weighted by Crippen LogP contribution is -2.31. The van der Waals surface area contributed by atoms with E-state index in [2.05, 4.69) is 20.0 Å². The summed E-state index contributed by atoms with van der Waals surface area (Å²) >= 11 is 0. The number of hydrogen-bond donors (Lipinski definition) is 2.